The number of ether oxygens (including phenoxy) is 2. The van der Waals surface area contributed by atoms with Gasteiger partial charge in [-0.2, -0.15) is 13.2 Å². The van der Waals surface area contributed by atoms with Gasteiger partial charge in [0.1, 0.15) is 5.75 Å². The normalized spacial score (nSPS) is 19.3. The molecule has 0 saturated carbocycles. The highest BCUT2D eigenvalue weighted by molar-refractivity contribution is 5.69. The highest BCUT2D eigenvalue weighted by Gasteiger charge is 2.28. The molecular formula is C18H24F3NO3. The number of esters is 1. The van der Waals surface area contributed by atoms with Gasteiger partial charge in [-0.15, -0.1) is 0 Å². The van der Waals surface area contributed by atoms with E-state index >= 15 is 0 Å². The largest absolute Gasteiger partial charge is 0.484 e. The van der Waals surface area contributed by atoms with Gasteiger partial charge in [0.25, 0.3) is 0 Å². The van der Waals surface area contributed by atoms with Crippen LogP contribution in [0.5, 0.6) is 5.75 Å². The minimum atomic E-state index is -4.34. The fourth-order valence-corrected chi connectivity index (χ4v) is 3.06. The molecule has 1 heterocycles. The number of halogens is 3. The standard InChI is InChI=1S/C18H24F3NO3/c1-24-17(23)11-14-5-3-8-22(9-7-14)12-15-4-2-6-16(10-15)25-13-18(19,20)21/h2,4,6,10,14H,3,5,7-9,11-13H2,1H3/t14-/m0/s1. The number of likely N-dealkylation sites (tertiary alicyclic amines) is 1. The van der Waals surface area contributed by atoms with Crippen LogP contribution in [-0.4, -0.2) is 43.9 Å². The van der Waals surface area contributed by atoms with Crippen LogP contribution in [0, 0.1) is 5.92 Å². The van der Waals surface area contributed by atoms with Crippen molar-refractivity contribution < 1.29 is 27.4 Å². The summed E-state index contributed by atoms with van der Waals surface area (Å²) >= 11 is 0. The van der Waals surface area contributed by atoms with E-state index in [1.54, 1.807) is 12.1 Å². The number of nitrogens with zero attached hydrogens (tertiary/aromatic N) is 1. The molecule has 0 aromatic heterocycles. The van der Waals surface area contributed by atoms with Crippen LogP contribution in [-0.2, 0) is 16.1 Å². The van der Waals surface area contributed by atoms with Gasteiger partial charge in [-0.05, 0) is 56.0 Å². The van der Waals surface area contributed by atoms with E-state index in [9.17, 15) is 18.0 Å². The molecule has 0 N–H and O–H groups in total. The first-order chi connectivity index (χ1) is 11.9. The van der Waals surface area contributed by atoms with Crippen LogP contribution in [0.3, 0.4) is 0 Å². The molecule has 0 unspecified atom stereocenters. The van der Waals surface area contributed by atoms with Crippen LogP contribution in [0.2, 0.25) is 0 Å². The molecule has 1 aromatic rings. The molecular weight excluding hydrogens is 335 g/mol. The van der Waals surface area contributed by atoms with Gasteiger partial charge in [0.05, 0.1) is 7.11 Å². The molecule has 1 aromatic carbocycles. The number of methoxy groups -OCH3 is 1. The Labute approximate surface area is 145 Å². The quantitative estimate of drug-likeness (QED) is 0.725. The van der Waals surface area contributed by atoms with Crippen LogP contribution in [0.25, 0.3) is 0 Å². The van der Waals surface area contributed by atoms with Gasteiger partial charge in [0, 0.05) is 13.0 Å². The maximum absolute atomic E-state index is 12.2. The van der Waals surface area contributed by atoms with Crippen LogP contribution < -0.4 is 4.74 Å². The third-order valence-corrected chi connectivity index (χ3v) is 4.33. The topological polar surface area (TPSA) is 38.8 Å². The number of hydrogen-bond acceptors (Lipinski definition) is 4. The highest BCUT2D eigenvalue weighted by Crippen LogP contribution is 2.24. The number of rotatable bonds is 6. The molecule has 140 valence electrons. The molecule has 7 heteroatoms. The zero-order chi connectivity index (χ0) is 18.3. The van der Waals surface area contributed by atoms with Gasteiger partial charge in [0.15, 0.2) is 6.61 Å². The van der Waals surface area contributed by atoms with Crippen molar-refractivity contribution in [1.82, 2.24) is 4.90 Å². The van der Waals surface area contributed by atoms with E-state index in [0.717, 1.165) is 37.9 Å². The number of hydrogen-bond donors (Lipinski definition) is 0. The second-order valence-corrected chi connectivity index (χ2v) is 6.40. The van der Waals surface area contributed by atoms with Crippen molar-refractivity contribution in [1.29, 1.82) is 0 Å². The predicted molar refractivity (Wildman–Crippen MR) is 87.2 cm³/mol. The van der Waals surface area contributed by atoms with E-state index in [-0.39, 0.29) is 11.7 Å². The molecule has 1 fully saturated rings. The monoisotopic (exact) mass is 359 g/mol. The molecule has 0 bridgehead atoms. The summed E-state index contributed by atoms with van der Waals surface area (Å²) in [5.41, 5.74) is 0.922. The van der Waals surface area contributed by atoms with Gasteiger partial charge in [-0.1, -0.05) is 12.1 Å². The minimum absolute atomic E-state index is 0.173. The summed E-state index contributed by atoms with van der Waals surface area (Å²) in [6, 6.07) is 6.78. The number of benzene rings is 1. The SMILES string of the molecule is COC(=O)C[C@H]1CCCN(Cc2cccc(OCC(F)(F)F)c2)CC1. The fraction of sp³-hybridized carbons (Fsp3) is 0.611. The molecule has 0 amide bonds. The van der Waals surface area contributed by atoms with Crippen molar-refractivity contribution in [2.75, 3.05) is 26.8 Å². The molecule has 1 aliphatic heterocycles. The first kappa shape index (κ1) is 19.6. The second-order valence-electron chi connectivity index (χ2n) is 6.40. The third-order valence-electron chi connectivity index (χ3n) is 4.33. The lowest BCUT2D eigenvalue weighted by Gasteiger charge is -2.20. The Morgan fingerprint density at radius 2 is 2.08 bits per heavy atom. The third kappa shape index (κ3) is 7.34. The molecule has 1 saturated heterocycles. The highest BCUT2D eigenvalue weighted by atomic mass is 19.4. The molecule has 25 heavy (non-hydrogen) atoms. The van der Waals surface area contributed by atoms with Crippen molar-refractivity contribution in [3.8, 4) is 5.75 Å². The summed E-state index contributed by atoms with van der Waals surface area (Å²) in [6.07, 6.45) is -0.994. The Balaban J connectivity index is 1.86. The summed E-state index contributed by atoms with van der Waals surface area (Å²) in [4.78, 5) is 13.7. The van der Waals surface area contributed by atoms with E-state index in [2.05, 4.69) is 4.90 Å². The van der Waals surface area contributed by atoms with Crippen LogP contribution >= 0.6 is 0 Å². The second kappa shape index (κ2) is 9.08. The summed E-state index contributed by atoms with van der Waals surface area (Å²) < 4.78 is 46.3. The summed E-state index contributed by atoms with van der Waals surface area (Å²) in [6.45, 7) is 1.14. The van der Waals surface area contributed by atoms with E-state index < -0.39 is 12.8 Å². The van der Waals surface area contributed by atoms with E-state index in [0.29, 0.717) is 18.9 Å². The predicted octanol–water partition coefficient (Wildman–Crippen LogP) is 3.79. The summed E-state index contributed by atoms with van der Waals surface area (Å²) in [5, 5.41) is 0. The molecule has 0 radical (unpaired) electrons. The van der Waals surface area contributed by atoms with E-state index in [4.69, 9.17) is 9.47 Å². The maximum Gasteiger partial charge on any atom is 0.422 e. The van der Waals surface area contributed by atoms with Crippen molar-refractivity contribution in [3.05, 3.63) is 29.8 Å². The average Bonchev–Trinajstić information content (AvgIpc) is 2.78. The van der Waals surface area contributed by atoms with Gasteiger partial charge in [-0.25, -0.2) is 0 Å². The Morgan fingerprint density at radius 3 is 2.80 bits per heavy atom. The number of alkyl halides is 3. The van der Waals surface area contributed by atoms with Crippen molar-refractivity contribution >= 4 is 5.97 Å². The number of carbonyl (C=O) groups is 1. The molecule has 0 aliphatic carbocycles. The van der Waals surface area contributed by atoms with Gasteiger partial charge in [0.2, 0.25) is 0 Å². The average molecular weight is 359 g/mol. The first-order valence-electron chi connectivity index (χ1n) is 8.43. The number of carbonyl (C=O) groups excluding carboxylic acids is 1. The van der Waals surface area contributed by atoms with Gasteiger partial charge in [-0.3, -0.25) is 9.69 Å². The molecule has 0 spiro atoms. The molecule has 1 aliphatic rings. The smallest absolute Gasteiger partial charge is 0.422 e. The Bertz CT molecular complexity index is 563. The van der Waals surface area contributed by atoms with E-state index in [1.807, 2.05) is 6.07 Å². The van der Waals surface area contributed by atoms with Crippen LogP contribution in [0.15, 0.2) is 24.3 Å². The molecule has 4 nitrogen and oxygen atoms in total. The summed E-state index contributed by atoms with van der Waals surface area (Å²) in [7, 11) is 1.40. The Morgan fingerprint density at radius 1 is 1.28 bits per heavy atom. The van der Waals surface area contributed by atoms with Crippen molar-refractivity contribution in [2.45, 2.75) is 38.4 Å². The Kier molecular flexibility index (Phi) is 7.11. The minimum Gasteiger partial charge on any atom is -0.484 e. The van der Waals surface area contributed by atoms with Gasteiger partial charge < -0.3 is 9.47 Å². The summed E-state index contributed by atoms with van der Waals surface area (Å²) in [5.74, 6) is 0.389. The van der Waals surface area contributed by atoms with Crippen molar-refractivity contribution in [2.24, 2.45) is 5.92 Å². The lowest BCUT2D eigenvalue weighted by Crippen LogP contribution is -2.24. The van der Waals surface area contributed by atoms with Crippen LogP contribution in [0.4, 0.5) is 13.2 Å². The Hall–Kier alpha value is -1.76. The van der Waals surface area contributed by atoms with Crippen molar-refractivity contribution in [3.63, 3.8) is 0 Å². The van der Waals surface area contributed by atoms with E-state index in [1.165, 1.54) is 13.2 Å². The van der Waals surface area contributed by atoms with Crippen LogP contribution in [0.1, 0.15) is 31.2 Å². The zero-order valence-corrected chi connectivity index (χ0v) is 14.3. The lowest BCUT2D eigenvalue weighted by molar-refractivity contribution is -0.153. The lowest BCUT2D eigenvalue weighted by atomic mass is 9.97. The maximum atomic E-state index is 12.2. The fourth-order valence-electron chi connectivity index (χ4n) is 3.06. The molecule has 2 rings (SSSR count). The molecule has 1 atom stereocenters. The van der Waals surface area contributed by atoms with Gasteiger partial charge >= 0.3 is 12.1 Å². The first-order valence-corrected chi connectivity index (χ1v) is 8.43. The zero-order valence-electron chi connectivity index (χ0n) is 14.3.